The average molecular weight is 223 g/mol. The van der Waals surface area contributed by atoms with Gasteiger partial charge in [0.2, 0.25) is 11.8 Å². The number of H-pyrrole nitrogens is 1. The van der Waals surface area contributed by atoms with Gasteiger partial charge in [-0.25, -0.2) is 4.98 Å². The van der Waals surface area contributed by atoms with Crippen molar-refractivity contribution in [2.75, 3.05) is 25.6 Å². The van der Waals surface area contributed by atoms with Crippen molar-refractivity contribution in [3.05, 3.63) is 6.33 Å². The maximum Gasteiger partial charge on any atom is 0.245 e. The number of hydrogen-bond acceptors (Lipinski definition) is 6. The summed E-state index contributed by atoms with van der Waals surface area (Å²) in [6, 6.07) is 0. The topological polar surface area (TPSA) is 96.0 Å². The van der Waals surface area contributed by atoms with Crippen LogP contribution in [0.15, 0.2) is 6.33 Å². The zero-order valence-electron chi connectivity index (χ0n) is 8.90. The summed E-state index contributed by atoms with van der Waals surface area (Å²) in [6.45, 7) is 0.501. The Morgan fingerprint density at radius 3 is 3.12 bits per heavy atom. The van der Waals surface area contributed by atoms with Crippen molar-refractivity contribution >= 4 is 17.1 Å². The first-order chi connectivity index (χ1) is 7.85. The minimum atomic E-state index is 0.0933. The second-order valence-corrected chi connectivity index (χ2v) is 3.13. The lowest BCUT2D eigenvalue weighted by atomic mass is 10.5. The highest BCUT2D eigenvalue weighted by molar-refractivity contribution is 5.76. The molecule has 0 aliphatic carbocycles. The zero-order valence-corrected chi connectivity index (χ0v) is 8.90. The molecule has 86 valence electrons. The molecule has 2 rings (SSSR count). The van der Waals surface area contributed by atoms with E-state index >= 15 is 0 Å². The van der Waals surface area contributed by atoms with E-state index in [1.165, 1.54) is 6.33 Å². The number of hydrogen-bond donors (Lipinski definition) is 3. The third-order valence-corrected chi connectivity index (χ3v) is 2.02. The number of aromatic nitrogens is 4. The van der Waals surface area contributed by atoms with Gasteiger partial charge in [0.15, 0.2) is 5.65 Å². The van der Waals surface area contributed by atoms with E-state index in [2.05, 4.69) is 25.3 Å². The molecule has 16 heavy (non-hydrogen) atoms. The number of aliphatic hydroxyl groups is 1. The molecule has 0 bridgehead atoms. The van der Waals surface area contributed by atoms with Crippen LogP contribution in [0.3, 0.4) is 0 Å². The van der Waals surface area contributed by atoms with Gasteiger partial charge in [-0.15, -0.1) is 0 Å². The van der Waals surface area contributed by atoms with Crippen LogP contribution in [-0.2, 0) is 0 Å². The predicted molar refractivity (Wildman–Crippen MR) is 58.4 cm³/mol. The Hall–Kier alpha value is -1.89. The first-order valence-electron chi connectivity index (χ1n) is 4.97. The van der Waals surface area contributed by atoms with Crippen LogP contribution in [0.2, 0.25) is 0 Å². The van der Waals surface area contributed by atoms with E-state index in [-0.39, 0.29) is 6.61 Å². The maximum absolute atomic E-state index is 8.67. The summed E-state index contributed by atoms with van der Waals surface area (Å²) in [6.07, 6.45) is 2.10. The third kappa shape index (κ3) is 2.03. The summed E-state index contributed by atoms with van der Waals surface area (Å²) in [7, 11) is 1.73. The fourth-order valence-electron chi connectivity index (χ4n) is 1.26. The second kappa shape index (κ2) is 4.75. The van der Waals surface area contributed by atoms with E-state index in [0.29, 0.717) is 36.0 Å². The highest BCUT2D eigenvalue weighted by Gasteiger charge is 2.09. The molecule has 0 fully saturated rings. The monoisotopic (exact) mass is 223 g/mol. The Morgan fingerprint density at radius 2 is 2.38 bits per heavy atom. The van der Waals surface area contributed by atoms with Gasteiger partial charge in [0, 0.05) is 20.1 Å². The van der Waals surface area contributed by atoms with Crippen LogP contribution in [0.4, 0.5) is 5.95 Å². The largest absolute Gasteiger partial charge is 0.476 e. The molecule has 7 heteroatoms. The van der Waals surface area contributed by atoms with E-state index in [1.807, 2.05) is 0 Å². The van der Waals surface area contributed by atoms with Crippen LogP contribution in [0, 0.1) is 0 Å². The molecule has 2 heterocycles. The van der Waals surface area contributed by atoms with E-state index in [9.17, 15) is 0 Å². The Balaban J connectivity index is 2.29. The van der Waals surface area contributed by atoms with Crippen LogP contribution >= 0.6 is 0 Å². The molecule has 0 aliphatic heterocycles. The van der Waals surface area contributed by atoms with E-state index < -0.39 is 0 Å². The lowest BCUT2D eigenvalue weighted by Gasteiger charge is -2.06. The number of fused-ring (bicyclic) bond motifs is 1. The van der Waals surface area contributed by atoms with Crippen molar-refractivity contribution in [3.63, 3.8) is 0 Å². The molecule has 0 saturated heterocycles. The van der Waals surface area contributed by atoms with Gasteiger partial charge < -0.3 is 20.1 Å². The number of aliphatic hydroxyl groups excluding tert-OH is 1. The normalized spacial score (nSPS) is 10.6. The molecule has 0 aromatic carbocycles. The Morgan fingerprint density at radius 1 is 1.50 bits per heavy atom. The summed E-state index contributed by atoms with van der Waals surface area (Å²) >= 11 is 0. The zero-order chi connectivity index (χ0) is 11.4. The molecule has 0 unspecified atom stereocenters. The van der Waals surface area contributed by atoms with E-state index in [0.717, 1.165) is 0 Å². The molecule has 2 aromatic rings. The summed E-state index contributed by atoms with van der Waals surface area (Å²) in [4.78, 5) is 15.3. The van der Waals surface area contributed by atoms with Gasteiger partial charge in [-0.1, -0.05) is 0 Å². The lowest BCUT2D eigenvalue weighted by Crippen LogP contribution is -2.04. The lowest BCUT2D eigenvalue weighted by molar-refractivity contribution is 0.230. The smallest absolute Gasteiger partial charge is 0.245 e. The molecule has 0 radical (unpaired) electrons. The molecule has 0 aliphatic rings. The molecule has 0 amide bonds. The van der Waals surface area contributed by atoms with Crippen LogP contribution < -0.4 is 10.1 Å². The first-order valence-corrected chi connectivity index (χ1v) is 4.97. The number of aromatic amines is 1. The number of nitrogens with one attached hydrogen (secondary N) is 2. The Bertz CT molecular complexity index is 470. The molecule has 7 nitrogen and oxygen atoms in total. The summed E-state index contributed by atoms with van der Waals surface area (Å²) < 4.78 is 5.44. The second-order valence-electron chi connectivity index (χ2n) is 3.13. The molecule has 0 atom stereocenters. The SMILES string of the molecule is CNc1nc(OCCCO)c2[nH]cnc2n1. The predicted octanol–water partition coefficient (Wildman–Crippen LogP) is 0.156. The fraction of sp³-hybridized carbons (Fsp3) is 0.444. The van der Waals surface area contributed by atoms with Gasteiger partial charge in [-0.05, 0) is 0 Å². The molecule has 3 N–H and O–H groups in total. The Kier molecular flexibility index (Phi) is 3.16. The molecular formula is C9H13N5O2. The minimum Gasteiger partial charge on any atom is -0.476 e. The van der Waals surface area contributed by atoms with Crippen LogP contribution in [0.25, 0.3) is 11.2 Å². The summed E-state index contributed by atoms with van der Waals surface area (Å²) in [5, 5.41) is 11.5. The molecule has 2 aromatic heterocycles. The van der Waals surface area contributed by atoms with Crippen molar-refractivity contribution in [1.82, 2.24) is 19.9 Å². The van der Waals surface area contributed by atoms with Crippen molar-refractivity contribution in [2.24, 2.45) is 0 Å². The standard InChI is InChI=1S/C9H13N5O2/c1-10-9-13-7-6(11-5-12-7)8(14-9)16-4-2-3-15/h5,15H,2-4H2,1H3,(H2,10,11,12,13,14). The highest BCUT2D eigenvalue weighted by atomic mass is 16.5. The molecular weight excluding hydrogens is 210 g/mol. The molecule has 0 spiro atoms. The first kappa shape index (κ1) is 10.6. The summed E-state index contributed by atoms with van der Waals surface area (Å²) in [5.74, 6) is 0.902. The number of rotatable bonds is 5. The van der Waals surface area contributed by atoms with Crippen LogP contribution in [-0.4, -0.2) is 45.3 Å². The van der Waals surface area contributed by atoms with Crippen molar-refractivity contribution in [2.45, 2.75) is 6.42 Å². The van der Waals surface area contributed by atoms with E-state index in [4.69, 9.17) is 9.84 Å². The van der Waals surface area contributed by atoms with Gasteiger partial charge in [0.05, 0.1) is 12.9 Å². The van der Waals surface area contributed by atoms with Gasteiger partial charge in [-0.2, -0.15) is 9.97 Å². The molecule has 0 saturated carbocycles. The maximum atomic E-state index is 8.67. The summed E-state index contributed by atoms with van der Waals surface area (Å²) in [5.41, 5.74) is 1.22. The number of imidazole rings is 1. The quantitative estimate of drug-likeness (QED) is 0.625. The van der Waals surface area contributed by atoms with Crippen molar-refractivity contribution < 1.29 is 9.84 Å². The van der Waals surface area contributed by atoms with Gasteiger partial charge in [-0.3, -0.25) is 0 Å². The van der Waals surface area contributed by atoms with Crippen molar-refractivity contribution in [1.29, 1.82) is 0 Å². The van der Waals surface area contributed by atoms with Gasteiger partial charge >= 0.3 is 0 Å². The number of ether oxygens (including phenoxy) is 1. The fourth-order valence-corrected chi connectivity index (χ4v) is 1.26. The third-order valence-electron chi connectivity index (χ3n) is 2.02. The van der Waals surface area contributed by atoms with Gasteiger partial charge in [0.25, 0.3) is 0 Å². The Labute approximate surface area is 91.9 Å². The van der Waals surface area contributed by atoms with Crippen LogP contribution in [0.5, 0.6) is 5.88 Å². The van der Waals surface area contributed by atoms with Crippen molar-refractivity contribution in [3.8, 4) is 5.88 Å². The van der Waals surface area contributed by atoms with Crippen LogP contribution in [0.1, 0.15) is 6.42 Å². The number of anilines is 1. The highest BCUT2D eigenvalue weighted by Crippen LogP contribution is 2.20. The van der Waals surface area contributed by atoms with E-state index in [1.54, 1.807) is 7.05 Å². The van der Waals surface area contributed by atoms with Gasteiger partial charge in [0.1, 0.15) is 5.52 Å². The average Bonchev–Trinajstić information content (AvgIpc) is 2.77. The minimum absolute atomic E-state index is 0.0933. The number of nitrogens with zero attached hydrogens (tertiary/aromatic N) is 3.